The highest BCUT2D eigenvalue weighted by Crippen LogP contribution is 2.17. The zero-order chi connectivity index (χ0) is 15.4. The summed E-state index contributed by atoms with van der Waals surface area (Å²) in [5.41, 5.74) is 6.84. The minimum atomic E-state index is -1.12. The number of aliphatic hydroxyl groups is 1. The smallest absolute Gasteiger partial charge is 0.253 e. The monoisotopic (exact) mass is 292 g/mol. The van der Waals surface area contributed by atoms with Crippen LogP contribution in [0.3, 0.4) is 0 Å². The van der Waals surface area contributed by atoms with Crippen LogP contribution in [0, 0.1) is 11.6 Å². The number of nitrogen functional groups attached to an aromatic ring is 1. The average molecular weight is 292 g/mol. The van der Waals surface area contributed by atoms with Gasteiger partial charge in [0.05, 0.1) is 12.2 Å². The maximum absolute atomic E-state index is 13.1. The van der Waals surface area contributed by atoms with Crippen molar-refractivity contribution in [2.45, 2.75) is 13.2 Å². The van der Waals surface area contributed by atoms with Gasteiger partial charge in [-0.2, -0.15) is 0 Å². The number of benzene rings is 2. The topological polar surface area (TPSA) is 75.4 Å². The molecule has 0 heterocycles. The Morgan fingerprint density at radius 3 is 2.29 bits per heavy atom. The Balaban J connectivity index is 2.06. The van der Waals surface area contributed by atoms with Gasteiger partial charge in [-0.1, -0.05) is 24.3 Å². The summed E-state index contributed by atoms with van der Waals surface area (Å²) in [5, 5.41) is 11.5. The molecule has 110 valence electrons. The van der Waals surface area contributed by atoms with Crippen molar-refractivity contribution in [2.75, 3.05) is 5.73 Å². The summed E-state index contributed by atoms with van der Waals surface area (Å²) in [5.74, 6) is -2.80. The van der Waals surface area contributed by atoms with Crippen molar-refractivity contribution in [3.05, 3.63) is 64.7 Å². The molecule has 4 N–H and O–H groups in total. The minimum Gasteiger partial charge on any atom is -0.398 e. The molecule has 0 spiro atoms. The first-order valence-electron chi connectivity index (χ1n) is 6.22. The van der Waals surface area contributed by atoms with E-state index in [2.05, 4.69) is 5.32 Å². The average Bonchev–Trinajstić information content (AvgIpc) is 2.49. The van der Waals surface area contributed by atoms with E-state index in [1.807, 2.05) is 0 Å². The lowest BCUT2D eigenvalue weighted by Gasteiger charge is -2.08. The van der Waals surface area contributed by atoms with Crippen molar-refractivity contribution in [3.63, 3.8) is 0 Å². The lowest BCUT2D eigenvalue weighted by atomic mass is 10.1. The van der Waals surface area contributed by atoms with E-state index in [1.165, 1.54) is 0 Å². The molecule has 21 heavy (non-hydrogen) atoms. The van der Waals surface area contributed by atoms with E-state index in [0.717, 1.165) is 23.3 Å². The number of nitrogens with two attached hydrogens (primary N) is 1. The van der Waals surface area contributed by atoms with Gasteiger partial charge in [-0.05, 0) is 17.2 Å². The Labute approximate surface area is 120 Å². The lowest BCUT2D eigenvalue weighted by Crippen LogP contribution is -2.24. The van der Waals surface area contributed by atoms with Crippen molar-refractivity contribution in [2.24, 2.45) is 0 Å². The van der Waals surface area contributed by atoms with Crippen molar-refractivity contribution < 1.29 is 18.7 Å². The number of amides is 1. The van der Waals surface area contributed by atoms with Gasteiger partial charge < -0.3 is 16.2 Å². The first kappa shape index (κ1) is 14.9. The van der Waals surface area contributed by atoms with Crippen LogP contribution >= 0.6 is 0 Å². The molecule has 0 saturated heterocycles. The first-order valence-corrected chi connectivity index (χ1v) is 6.22. The second kappa shape index (κ2) is 6.32. The number of nitrogens with one attached hydrogen (secondary N) is 1. The number of rotatable bonds is 4. The summed E-state index contributed by atoms with van der Waals surface area (Å²) in [4.78, 5) is 11.9. The van der Waals surface area contributed by atoms with Gasteiger partial charge in [-0.15, -0.1) is 0 Å². The molecular formula is C15H14F2N2O2. The van der Waals surface area contributed by atoms with Crippen LogP contribution in [0.15, 0.2) is 36.4 Å². The fraction of sp³-hybridized carbons (Fsp3) is 0.133. The first-order chi connectivity index (χ1) is 10.0. The van der Waals surface area contributed by atoms with E-state index in [0.29, 0.717) is 0 Å². The molecule has 0 unspecified atom stereocenters. The normalized spacial score (nSPS) is 10.4. The molecule has 0 fully saturated rings. The van der Waals surface area contributed by atoms with Gasteiger partial charge in [0, 0.05) is 18.3 Å². The van der Waals surface area contributed by atoms with Crippen LogP contribution in [-0.2, 0) is 13.2 Å². The van der Waals surface area contributed by atoms with Crippen LogP contribution in [0.5, 0.6) is 0 Å². The molecular weight excluding hydrogens is 278 g/mol. The van der Waals surface area contributed by atoms with E-state index in [-0.39, 0.29) is 24.4 Å². The minimum absolute atomic E-state index is 0.0575. The summed E-state index contributed by atoms with van der Waals surface area (Å²) in [7, 11) is 0. The van der Waals surface area contributed by atoms with Gasteiger partial charge >= 0.3 is 0 Å². The third-order valence-electron chi connectivity index (χ3n) is 3.00. The van der Waals surface area contributed by atoms with Crippen LogP contribution in [0.4, 0.5) is 14.5 Å². The second-order valence-electron chi connectivity index (χ2n) is 4.51. The zero-order valence-electron chi connectivity index (χ0n) is 11.1. The largest absolute Gasteiger partial charge is 0.398 e. The number of anilines is 1. The predicted octanol–water partition coefficient (Wildman–Crippen LogP) is 1.97. The highest BCUT2D eigenvalue weighted by molar-refractivity contribution is 5.99. The second-order valence-corrected chi connectivity index (χ2v) is 4.51. The van der Waals surface area contributed by atoms with Crippen LogP contribution in [0.25, 0.3) is 0 Å². The van der Waals surface area contributed by atoms with Crippen molar-refractivity contribution in [3.8, 4) is 0 Å². The highest BCUT2D eigenvalue weighted by atomic mass is 19.2. The number of aliphatic hydroxyl groups excluding tert-OH is 1. The summed E-state index contributed by atoms with van der Waals surface area (Å²) in [6.07, 6.45) is 0. The van der Waals surface area contributed by atoms with Crippen molar-refractivity contribution in [1.82, 2.24) is 5.32 Å². The molecule has 0 aliphatic rings. The molecule has 2 aromatic rings. The van der Waals surface area contributed by atoms with Gasteiger partial charge in [0.1, 0.15) is 0 Å². The van der Waals surface area contributed by atoms with Crippen LogP contribution in [-0.4, -0.2) is 11.0 Å². The number of carbonyl (C=O) groups is 1. The Bertz CT molecular complexity index is 657. The van der Waals surface area contributed by atoms with Gasteiger partial charge in [0.25, 0.3) is 5.91 Å². The van der Waals surface area contributed by atoms with Crippen molar-refractivity contribution in [1.29, 1.82) is 0 Å². The quantitative estimate of drug-likeness (QED) is 0.754. The maximum atomic E-state index is 13.1. The number of hydrogen-bond donors (Lipinski definition) is 3. The van der Waals surface area contributed by atoms with E-state index in [4.69, 9.17) is 10.8 Å². The molecule has 0 radical (unpaired) electrons. The molecule has 0 aliphatic heterocycles. The third kappa shape index (κ3) is 3.55. The fourth-order valence-electron chi connectivity index (χ4n) is 1.80. The molecule has 0 atom stereocenters. The Kier molecular flexibility index (Phi) is 4.49. The summed E-state index contributed by atoms with van der Waals surface area (Å²) >= 11 is 0. The van der Waals surface area contributed by atoms with E-state index in [9.17, 15) is 13.6 Å². The van der Waals surface area contributed by atoms with Gasteiger partial charge in [0.15, 0.2) is 11.6 Å². The molecule has 0 aromatic heterocycles. The highest BCUT2D eigenvalue weighted by Gasteiger charge is 2.14. The molecule has 6 heteroatoms. The molecule has 2 aromatic carbocycles. The molecule has 0 bridgehead atoms. The SMILES string of the molecule is Nc1cc(F)c(F)cc1C(=O)NCc1ccc(CO)cc1. The van der Waals surface area contributed by atoms with Crippen LogP contribution in [0.1, 0.15) is 21.5 Å². The van der Waals surface area contributed by atoms with Crippen LogP contribution in [0.2, 0.25) is 0 Å². The maximum Gasteiger partial charge on any atom is 0.253 e. The predicted molar refractivity (Wildman–Crippen MR) is 74.3 cm³/mol. The van der Waals surface area contributed by atoms with Gasteiger partial charge in [0.2, 0.25) is 0 Å². The Hall–Kier alpha value is -2.47. The van der Waals surface area contributed by atoms with Crippen LogP contribution < -0.4 is 11.1 Å². The van der Waals surface area contributed by atoms with E-state index in [1.54, 1.807) is 24.3 Å². The Morgan fingerprint density at radius 1 is 1.10 bits per heavy atom. The number of carbonyl (C=O) groups excluding carboxylic acids is 1. The molecule has 0 saturated carbocycles. The molecule has 2 rings (SSSR count). The van der Waals surface area contributed by atoms with E-state index < -0.39 is 17.5 Å². The standard InChI is InChI=1S/C15H14F2N2O2/c16-12-5-11(14(18)6-13(12)17)15(21)19-7-9-1-3-10(8-20)4-2-9/h1-6,20H,7-8,18H2,(H,19,21). The van der Waals surface area contributed by atoms with Crippen molar-refractivity contribution >= 4 is 11.6 Å². The molecule has 0 aliphatic carbocycles. The number of halogens is 2. The Morgan fingerprint density at radius 2 is 1.67 bits per heavy atom. The summed E-state index contributed by atoms with van der Waals surface area (Å²) < 4.78 is 26.1. The summed E-state index contributed by atoms with van der Waals surface area (Å²) in [6, 6.07) is 8.51. The lowest BCUT2D eigenvalue weighted by molar-refractivity contribution is 0.0951. The third-order valence-corrected chi connectivity index (χ3v) is 3.00. The molecule has 1 amide bonds. The summed E-state index contributed by atoms with van der Waals surface area (Å²) in [6.45, 7) is 0.154. The van der Waals surface area contributed by atoms with Gasteiger partial charge in [-0.3, -0.25) is 4.79 Å². The number of hydrogen-bond acceptors (Lipinski definition) is 3. The molecule has 4 nitrogen and oxygen atoms in total. The van der Waals surface area contributed by atoms with E-state index >= 15 is 0 Å². The fourth-order valence-corrected chi connectivity index (χ4v) is 1.80. The van der Waals surface area contributed by atoms with Gasteiger partial charge in [-0.25, -0.2) is 8.78 Å². The zero-order valence-corrected chi connectivity index (χ0v) is 11.1.